The molecule has 0 aromatic heterocycles. The van der Waals surface area contributed by atoms with Crippen LogP contribution in [0.3, 0.4) is 0 Å². The van der Waals surface area contributed by atoms with Gasteiger partial charge in [0.1, 0.15) is 6.61 Å². The highest BCUT2D eigenvalue weighted by molar-refractivity contribution is 5.88. The van der Waals surface area contributed by atoms with Crippen molar-refractivity contribution in [2.75, 3.05) is 6.61 Å². The first-order valence-electron chi connectivity index (χ1n) is 5.55. The number of carbonyl (C=O) groups is 1. The minimum Gasteiger partial charge on any atom is -0.480 e. The Morgan fingerprint density at radius 2 is 2.29 bits per heavy atom. The molecular formula is C13H15NO3. The summed E-state index contributed by atoms with van der Waals surface area (Å²) < 4.78 is 5.42. The Bertz CT molecular complexity index is 480. The zero-order chi connectivity index (χ0) is 12.4. The molecule has 0 radical (unpaired) electrons. The molecule has 0 bridgehead atoms. The van der Waals surface area contributed by atoms with Crippen molar-refractivity contribution >= 4 is 17.4 Å². The molecule has 1 aliphatic heterocycles. The van der Waals surface area contributed by atoms with Gasteiger partial charge in [0.25, 0.3) is 0 Å². The summed E-state index contributed by atoms with van der Waals surface area (Å²) in [5.41, 5.74) is 3.97. The number of fused-ring (bicyclic) bond motifs is 1. The zero-order valence-corrected chi connectivity index (χ0v) is 9.93. The number of para-hydroxylation sites is 1. The number of nitrogens with zero attached hydrogens (tertiary/aromatic N) is 1. The van der Waals surface area contributed by atoms with Gasteiger partial charge in [-0.25, -0.2) is 4.79 Å². The lowest BCUT2D eigenvalue weighted by Crippen LogP contribution is -2.17. The van der Waals surface area contributed by atoms with Gasteiger partial charge in [0.05, 0.1) is 11.8 Å². The molecule has 4 nitrogen and oxygen atoms in total. The van der Waals surface area contributed by atoms with E-state index in [9.17, 15) is 4.79 Å². The van der Waals surface area contributed by atoms with E-state index in [0.29, 0.717) is 6.42 Å². The molecule has 4 heteroatoms. The fourth-order valence-corrected chi connectivity index (χ4v) is 2.03. The van der Waals surface area contributed by atoms with E-state index >= 15 is 0 Å². The Hall–Kier alpha value is -1.68. The molecule has 90 valence electrons. The van der Waals surface area contributed by atoms with Crippen molar-refractivity contribution in [3.63, 3.8) is 0 Å². The Morgan fingerprint density at radius 3 is 3.00 bits per heavy atom. The lowest BCUT2D eigenvalue weighted by molar-refractivity contribution is -0.144. The van der Waals surface area contributed by atoms with E-state index in [1.54, 1.807) is 0 Å². The number of rotatable bonds is 3. The lowest BCUT2D eigenvalue weighted by atomic mass is 9.96. The van der Waals surface area contributed by atoms with Crippen molar-refractivity contribution in [2.24, 2.45) is 4.99 Å². The van der Waals surface area contributed by atoms with Gasteiger partial charge in [-0.15, -0.1) is 0 Å². The molecule has 0 saturated heterocycles. The van der Waals surface area contributed by atoms with Crippen molar-refractivity contribution < 1.29 is 14.6 Å². The van der Waals surface area contributed by atoms with Crippen LogP contribution in [-0.2, 0) is 9.53 Å². The first-order valence-corrected chi connectivity index (χ1v) is 5.55. The maximum Gasteiger partial charge on any atom is 0.329 e. The zero-order valence-electron chi connectivity index (χ0n) is 9.93. The molecule has 2 rings (SSSR count). The highest BCUT2D eigenvalue weighted by atomic mass is 16.5. The molecule has 1 aromatic rings. The van der Waals surface area contributed by atoms with Gasteiger partial charge in [0.15, 0.2) is 0 Å². The summed E-state index contributed by atoms with van der Waals surface area (Å²) in [6.45, 7) is 3.66. The van der Waals surface area contributed by atoms with E-state index in [1.807, 2.05) is 32.0 Å². The van der Waals surface area contributed by atoms with Crippen LogP contribution < -0.4 is 0 Å². The fourth-order valence-electron chi connectivity index (χ4n) is 2.03. The predicted octanol–water partition coefficient (Wildman–Crippen LogP) is 2.63. The van der Waals surface area contributed by atoms with Crippen LogP contribution in [0.2, 0.25) is 0 Å². The van der Waals surface area contributed by atoms with Crippen molar-refractivity contribution in [2.45, 2.75) is 26.4 Å². The van der Waals surface area contributed by atoms with Gasteiger partial charge in [-0.2, -0.15) is 0 Å². The molecule has 1 heterocycles. The van der Waals surface area contributed by atoms with Crippen molar-refractivity contribution in [3.8, 4) is 0 Å². The number of aliphatic imine (C=N–C) groups is 1. The topological polar surface area (TPSA) is 58.9 Å². The number of carboxylic acid groups (broad SMARTS) is 1. The molecule has 0 amide bonds. The summed E-state index contributed by atoms with van der Waals surface area (Å²) in [7, 11) is 0. The average molecular weight is 233 g/mol. The monoisotopic (exact) mass is 233 g/mol. The van der Waals surface area contributed by atoms with Crippen LogP contribution in [0.4, 0.5) is 5.69 Å². The summed E-state index contributed by atoms with van der Waals surface area (Å²) >= 11 is 0. The quantitative estimate of drug-likeness (QED) is 0.873. The van der Waals surface area contributed by atoms with Gasteiger partial charge >= 0.3 is 5.97 Å². The molecule has 1 aliphatic rings. The van der Waals surface area contributed by atoms with Crippen LogP contribution >= 0.6 is 0 Å². The molecule has 0 spiro atoms. The van der Waals surface area contributed by atoms with Gasteiger partial charge < -0.3 is 9.84 Å². The summed E-state index contributed by atoms with van der Waals surface area (Å²) in [5.74, 6) is -0.945. The smallest absolute Gasteiger partial charge is 0.329 e. The van der Waals surface area contributed by atoms with Crippen LogP contribution in [0, 0.1) is 6.92 Å². The first kappa shape index (κ1) is 11.8. The van der Waals surface area contributed by atoms with Crippen molar-refractivity contribution in [1.29, 1.82) is 0 Å². The minimum absolute atomic E-state index is 0.196. The highest BCUT2D eigenvalue weighted by Gasteiger charge is 2.23. The van der Waals surface area contributed by atoms with E-state index in [0.717, 1.165) is 22.5 Å². The number of aryl methyl sites for hydroxylation is 1. The van der Waals surface area contributed by atoms with E-state index < -0.39 is 5.97 Å². The Balaban J connectivity index is 2.30. The molecule has 0 aliphatic carbocycles. The van der Waals surface area contributed by atoms with Crippen molar-refractivity contribution in [3.05, 3.63) is 29.3 Å². The number of hydrogen-bond donors (Lipinski definition) is 1. The molecule has 1 aromatic carbocycles. The van der Waals surface area contributed by atoms with Gasteiger partial charge in [-0.05, 0) is 19.4 Å². The standard InChI is InChI=1S/C13H15NO3/c1-8-4-3-5-10-11(17-7-12(15)16)6-9(2)14-13(8)10/h3-5,11H,6-7H2,1-2H3,(H,15,16). The minimum atomic E-state index is -0.945. The Morgan fingerprint density at radius 1 is 1.53 bits per heavy atom. The summed E-state index contributed by atoms with van der Waals surface area (Å²) in [5, 5.41) is 8.66. The summed E-state index contributed by atoms with van der Waals surface area (Å²) in [6.07, 6.45) is 0.461. The third-order valence-electron chi connectivity index (χ3n) is 2.81. The number of benzene rings is 1. The number of aliphatic carboxylic acids is 1. The maximum absolute atomic E-state index is 10.5. The fraction of sp³-hybridized carbons (Fsp3) is 0.385. The number of carboxylic acids is 1. The van der Waals surface area contributed by atoms with Gasteiger partial charge in [0, 0.05) is 17.7 Å². The highest BCUT2D eigenvalue weighted by Crippen LogP contribution is 2.37. The molecular weight excluding hydrogens is 218 g/mol. The largest absolute Gasteiger partial charge is 0.480 e. The maximum atomic E-state index is 10.5. The second-order valence-electron chi connectivity index (χ2n) is 4.26. The molecule has 1 atom stereocenters. The van der Waals surface area contributed by atoms with Crippen LogP contribution in [0.1, 0.15) is 30.6 Å². The summed E-state index contributed by atoms with van der Waals surface area (Å²) in [4.78, 5) is 15.1. The second-order valence-corrected chi connectivity index (χ2v) is 4.26. The van der Waals surface area contributed by atoms with E-state index in [2.05, 4.69) is 4.99 Å². The average Bonchev–Trinajstić information content (AvgIpc) is 2.27. The SMILES string of the molecule is CC1=Nc2c(C)cccc2C(OCC(=O)O)C1. The predicted molar refractivity (Wildman–Crippen MR) is 64.9 cm³/mol. The molecule has 0 fully saturated rings. The third-order valence-corrected chi connectivity index (χ3v) is 2.81. The number of hydrogen-bond acceptors (Lipinski definition) is 3. The molecule has 1 unspecified atom stereocenters. The molecule has 1 N–H and O–H groups in total. The van der Waals surface area contributed by atoms with Crippen LogP contribution in [0.5, 0.6) is 0 Å². The third kappa shape index (κ3) is 2.53. The normalized spacial score (nSPS) is 18.5. The van der Waals surface area contributed by atoms with E-state index in [1.165, 1.54) is 0 Å². The van der Waals surface area contributed by atoms with E-state index in [4.69, 9.17) is 9.84 Å². The Kier molecular flexibility index (Phi) is 3.24. The van der Waals surface area contributed by atoms with Crippen LogP contribution in [0.15, 0.2) is 23.2 Å². The van der Waals surface area contributed by atoms with Crippen LogP contribution in [0.25, 0.3) is 0 Å². The second kappa shape index (κ2) is 4.67. The lowest BCUT2D eigenvalue weighted by Gasteiger charge is -2.24. The molecule has 0 saturated carbocycles. The van der Waals surface area contributed by atoms with Gasteiger partial charge in [-0.3, -0.25) is 4.99 Å². The van der Waals surface area contributed by atoms with E-state index in [-0.39, 0.29) is 12.7 Å². The first-order chi connectivity index (χ1) is 8.08. The van der Waals surface area contributed by atoms with Gasteiger partial charge in [-0.1, -0.05) is 18.2 Å². The Labute approximate surface area is 99.9 Å². The van der Waals surface area contributed by atoms with Gasteiger partial charge in [0.2, 0.25) is 0 Å². The van der Waals surface area contributed by atoms with Crippen molar-refractivity contribution in [1.82, 2.24) is 0 Å². The van der Waals surface area contributed by atoms with Crippen LogP contribution in [-0.4, -0.2) is 23.4 Å². The number of ether oxygens (including phenoxy) is 1. The molecule has 17 heavy (non-hydrogen) atoms. The summed E-state index contributed by atoms with van der Waals surface area (Å²) in [6, 6.07) is 5.89.